The highest BCUT2D eigenvalue weighted by atomic mass is 35.5. The Labute approximate surface area is 205 Å². The lowest BCUT2D eigenvalue weighted by molar-refractivity contribution is -0.116. The third-order valence-electron chi connectivity index (χ3n) is 5.49. The van der Waals surface area contributed by atoms with Crippen LogP contribution >= 0.6 is 23.2 Å². The van der Waals surface area contributed by atoms with Crippen LogP contribution in [0.2, 0.25) is 10.0 Å². The Balaban J connectivity index is 1.65. The molecule has 0 atom stereocenters. The molecular weight excluding hydrogens is 457 g/mol. The maximum absolute atomic E-state index is 12.7. The van der Waals surface area contributed by atoms with Gasteiger partial charge in [0.25, 0.3) is 0 Å². The van der Waals surface area contributed by atoms with Crippen molar-refractivity contribution >= 4 is 34.8 Å². The second-order valence-corrected chi connectivity index (χ2v) is 9.28. The first-order chi connectivity index (χ1) is 15.6. The normalized spacial score (nSPS) is 10.8. The maximum Gasteiger partial charge on any atom is 0.224 e. The lowest BCUT2D eigenvalue weighted by Gasteiger charge is -2.16. The molecule has 4 nitrogen and oxygen atoms in total. The van der Waals surface area contributed by atoms with Gasteiger partial charge in [0.05, 0.1) is 16.7 Å². The third kappa shape index (κ3) is 6.66. The Hall–Kier alpha value is -2.69. The second kappa shape index (κ2) is 11.0. The van der Waals surface area contributed by atoms with Crippen molar-refractivity contribution in [3.05, 3.63) is 85.9 Å². The van der Waals surface area contributed by atoms with Crippen LogP contribution in [0, 0.1) is 27.7 Å². The molecule has 0 heterocycles. The summed E-state index contributed by atoms with van der Waals surface area (Å²) in [6.45, 7) is 8.55. The van der Waals surface area contributed by atoms with Crippen LogP contribution in [0.5, 0.6) is 11.5 Å². The first-order valence-corrected chi connectivity index (χ1v) is 11.7. The van der Waals surface area contributed by atoms with Gasteiger partial charge in [0.15, 0.2) is 5.75 Å². The number of anilines is 1. The summed E-state index contributed by atoms with van der Waals surface area (Å²) in [7, 11) is 0. The number of ether oxygens (including phenoxy) is 1. The lowest BCUT2D eigenvalue weighted by atomic mass is 9.96. The summed E-state index contributed by atoms with van der Waals surface area (Å²) in [6, 6.07) is 13.5. The van der Waals surface area contributed by atoms with Gasteiger partial charge in [-0.2, -0.15) is 0 Å². The number of carbonyl (C=O) groups is 1. The van der Waals surface area contributed by atoms with Crippen molar-refractivity contribution in [2.45, 2.75) is 47.0 Å². The van der Waals surface area contributed by atoms with Crippen molar-refractivity contribution in [1.82, 2.24) is 0 Å². The van der Waals surface area contributed by atoms with Crippen LogP contribution < -0.4 is 10.1 Å². The zero-order chi connectivity index (χ0) is 24.1. The molecule has 0 aliphatic rings. The van der Waals surface area contributed by atoms with Crippen LogP contribution in [0.4, 0.5) is 5.69 Å². The number of rotatable bonds is 8. The van der Waals surface area contributed by atoms with Gasteiger partial charge in [-0.1, -0.05) is 47.0 Å². The van der Waals surface area contributed by atoms with Crippen LogP contribution in [-0.2, 0) is 11.2 Å². The molecule has 0 aliphatic carbocycles. The van der Waals surface area contributed by atoms with E-state index < -0.39 is 0 Å². The number of carbonyl (C=O) groups excluding carboxylic acids is 1. The largest absolute Gasteiger partial charge is 0.505 e. The number of nitrogens with one attached hydrogen (secondary N) is 1. The van der Waals surface area contributed by atoms with Crippen LogP contribution in [-0.4, -0.2) is 17.6 Å². The molecule has 0 fully saturated rings. The summed E-state index contributed by atoms with van der Waals surface area (Å²) >= 11 is 12.2. The molecule has 33 heavy (non-hydrogen) atoms. The van der Waals surface area contributed by atoms with Crippen molar-refractivity contribution in [1.29, 1.82) is 0 Å². The zero-order valence-corrected chi connectivity index (χ0v) is 20.9. The van der Waals surface area contributed by atoms with Crippen molar-refractivity contribution < 1.29 is 14.6 Å². The Bertz CT molecular complexity index is 1150. The lowest BCUT2D eigenvalue weighted by Crippen LogP contribution is -2.15. The molecule has 0 saturated heterocycles. The van der Waals surface area contributed by atoms with Gasteiger partial charge >= 0.3 is 0 Å². The fourth-order valence-corrected chi connectivity index (χ4v) is 4.39. The Kier molecular flexibility index (Phi) is 8.28. The second-order valence-electron chi connectivity index (χ2n) is 8.46. The fourth-order valence-electron chi connectivity index (χ4n) is 3.86. The monoisotopic (exact) mass is 485 g/mol. The molecule has 0 unspecified atom stereocenters. The predicted octanol–water partition coefficient (Wildman–Crippen LogP) is 7.32. The van der Waals surface area contributed by atoms with E-state index in [1.807, 2.05) is 45.9 Å². The quantitative estimate of drug-likeness (QED) is 0.328. The average molecular weight is 486 g/mol. The van der Waals surface area contributed by atoms with E-state index in [2.05, 4.69) is 17.4 Å². The number of halogens is 2. The average Bonchev–Trinajstić information content (AvgIpc) is 2.73. The first kappa shape index (κ1) is 24.9. The van der Waals surface area contributed by atoms with Crippen molar-refractivity contribution in [3.8, 4) is 11.5 Å². The molecule has 1 amide bonds. The number of amides is 1. The van der Waals surface area contributed by atoms with Gasteiger partial charge in [-0.05, 0) is 92.6 Å². The molecule has 3 aromatic rings. The van der Waals surface area contributed by atoms with Crippen molar-refractivity contribution in [3.63, 3.8) is 0 Å². The van der Waals surface area contributed by atoms with Gasteiger partial charge in [0.2, 0.25) is 5.91 Å². The molecule has 6 heteroatoms. The number of benzene rings is 3. The Morgan fingerprint density at radius 1 is 0.939 bits per heavy atom. The third-order valence-corrected chi connectivity index (χ3v) is 6.06. The molecule has 174 valence electrons. The molecule has 0 radical (unpaired) electrons. The summed E-state index contributed by atoms with van der Waals surface area (Å²) in [5, 5.41) is 13.3. The SMILES string of the molecule is Cc1ccc(OCCCC(=O)Nc2cc(C)cc(C)c2Cc2cc(Cl)c(O)c(Cl)c2)c(C)c1. The van der Waals surface area contributed by atoms with Gasteiger partial charge < -0.3 is 15.2 Å². The molecule has 0 aromatic heterocycles. The van der Waals surface area contributed by atoms with E-state index in [1.54, 1.807) is 12.1 Å². The van der Waals surface area contributed by atoms with Crippen molar-refractivity contribution in [2.24, 2.45) is 0 Å². The highest BCUT2D eigenvalue weighted by Crippen LogP contribution is 2.34. The number of hydrogen-bond donors (Lipinski definition) is 2. The first-order valence-electron chi connectivity index (χ1n) is 10.9. The van der Waals surface area contributed by atoms with E-state index in [4.69, 9.17) is 27.9 Å². The zero-order valence-electron chi connectivity index (χ0n) is 19.4. The van der Waals surface area contributed by atoms with Gasteiger partial charge in [0, 0.05) is 12.1 Å². The molecule has 0 saturated carbocycles. The maximum atomic E-state index is 12.7. The topological polar surface area (TPSA) is 58.6 Å². The number of aromatic hydroxyl groups is 1. The minimum atomic E-state index is -0.126. The fraction of sp³-hybridized carbons (Fsp3) is 0.296. The van der Waals surface area contributed by atoms with Gasteiger partial charge in [0.1, 0.15) is 5.75 Å². The van der Waals surface area contributed by atoms with Gasteiger partial charge in [-0.3, -0.25) is 4.79 Å². The van der Waals surface area contributed by atoms with Gasteiger partial charge in [-0.25, -0.2) is 0 Å². The number of phenolic OH excluding ortho intramolecular Hbond substituents is 1. The molecule has 3 rings (SSSR count). The van der Waals surface area contributed by atoms with E-state index in [9.17, 15) is 9.90 Å². The number of hydrogen-bond acceptors (Lipinski definition) is 3. The van der Waals surface area contributed by atoms with Crippen LogP contribution in [0.25, 0.3) is 0 Å². The van der Waals surface area contributed by atoms with Gasteiger partial charge in [-0.15, -0.1) is 0 Å². The summed E-state index contributed by atoms with van der Waals surface area (Å²) in [5.74, 6) is 0.662. The van der Waals surface area contributed by atoms with Crippen LogP contribution in [0.15, 0.2) is 42.5 Å². The molecule has 2 N–H and O–H groups in total. The number of phenols is 1. The van der Waals surface area contributed by atoms with E-state index in [0.29, 0.717) is 25.9 Å². The van der Waals surface area contributed by atoms with E-state index in [0.717, 1.165) is 39.3 Å². The predicted molar refractivity (Wildman–Crippen MR) is 136 cm³/mol. The van der Waals surface area contributed by atoms with Crippen molar-refractivity contribution in [2.75, 3.05) is 11.9 Å². The molecule has 0 spiro atoms. The molecule has 0 bridgehead atoms. The van der Waals surface area contributed by atoms with E-state index in [-0.39, 0.29) is 21.7 Å². The number of aryl methyl sites for hydroxylation is 4. The Morgan fingerprint density at radius 2 is 1.61 bits per heavy atom. The van der Waals surface area contributed by atoms with E-state index >= 15 is 0 Å². The summed E-state index contributed by atoms with van der Waals surface area (Å²) < 4.78 is 5.84. The molecule has 3 aromatic carbocycles. The smallest absolute Gasteiger partial charge is 0.224 e. The molecular formula is C27H29Cl2NO3. The minimum absolute atomic E-state index is 0.0627. The standard InChI is InChI=1S/C27H29Cl2NO3/c1-16-7-8-25(19(4)10-16)33-9-5-6-26(31)30-24-12-17(2)11-18(3)21(24)13-20-14-22(28)27(32)23(29)15-20/h7-8,10-12,14-15,32H,5-6,9,13H2,1-4H3,(H,30,31). The summed E-state index contributed by atoms with van der Waals surface area (Å²) in [6.07, 6.45) is 1.49. The van der Waals surface area contributed by atoms with E-state index in [1.165, 1.54) is 5.56 Å². The summed E-state index contributed by atoms with van der Waals surface area (Å²) in [4.78, 5) is 12.7. The summed E-state index contributed by atoms with van der Waals surface area (Å²) in [5.41, 5.74) is 7.02. The highest BCUT2D eigenvalue weighted by molar-refractivity contribution is 6.37. The van der Waals surface area contributed by atoms with Crippen LogP contribution in [0.1, 0.15) is 46.2 Å². The molecule has 0 aliphatic heterocycles. The highest BCUT2D eigenvalue weighted by Gasteiger charge is 2.14. The Morgan fingerprint density at radius 3 is 2.27 bits per heavy atom. The minimum Gasteiger partial charge on any atom is -0.505 e. The van der Waals surface area contributed by atoms with Crippen LogP contribution in [0.3, 0.4) is 0 Å².